The summed E-state index contributed by atoms with van der Waals surface area (Å²) in [6, 6.07) is 8.93. The second kappa shape index (κ2) is 9.58. The van der Waals surface area contributed by atoms with Crippen molar-refractivity contribution in [3.63, 3.8) is 0 Å². The van der Waals surface area contributed by atoms with E-state index >= 15 is 0 Å². The molecule has 9 nitrogen and oxygen atoms in total. The molecule has 0 bridgehead atoms. The summed E-state index contributed by atoms with van der Waals surface area (Å²) < 4.78 is 10.00. The van der Waals surface area contributed by atoms with Crippen LogP contribution >= 0.6 is 0 Å². The fraction of sp³-hybridized carbons (Fsp3) is 0.417. The van der Waals surface area contributed by atoms with Crippen molar-refractivity contribution < 1.29 is 9.53 Å². The summed E-state index contributed by atoms with van der Waals surface area (Å²) in [5, 5.41) is 3.31. The smallest absolute Gasteiger partial charge is 0.332 e. The average molecular weight is 452 g/mol. The number of aromatic nitrogens is 4. The molecule has 1 aliphatic rings. The minimum atomic E-state index is -0.588. The Morgan fingerprint density at radius 1 is 1.21 bits per heavy atom. The molecule has 0 amide bonds. The summed E-state index contributed by atoms with van der Waals surface area (Å²) in [7, 11) is 1.55. The number of ether oxygens (including phenoxy) is 1. The number of Topliss-reactive ketones (excluding diaryl/α,β-unsaturated/α-hetero) is 1. The first-order chi connectivity index (χ1) is 15.9. The summed E-state index contributed by atoms with van der Waals surface area (Å²) in [5.41, 5.74) is 0.871. The summed E-state index contributed by atoms with van der Waals surface area (Å²) in [4.78, 5) is 43.7. The highest BCUT2D eigenvalue weighted by molar-refractivity contribution is 5.95. The lowest BCUT2D eigenvalue weighted by Gasteiger charge is -2.12. The average Bonchev–Trinajstić information content (AvgIpc) is 3.46. The number of aryl methyl sites for hydroxylation is 1. The van der Waals surface area contributed by atoms with Crippen LogP contribution in [0.3, 0.4) is 0 Å². The van der Waals surface area contributed by atoms with Crippen LogP contribution in [0.2, 0.25) is 0 Å². The first-order valence-electron chi connectivity index (χ1n) is 11.1. The van der Waals surface area contributed by atoms with E-state index in [2.05, 4.69) is 10.3 Å². The summed E-state index contributed by atoms with van der Waals surface area (Å²) in [6.45, 7) is 6.27. The van der Waals surface area contributed by atoms with Crippen LogP contribution in [0.1, 0.15) is 30.6 Å². The van der Waals surface area contributed by atoms with Crippen molar-refractivity contribution >= 4 is 16.9 Å². The van der Waals surface area contributed by atoms with Gasteiger partial charge in [0.05, 0.1) is 13.2 Å². The summed E-state index contributed by atoms with van der Waals surface area (Å²) in [5.74, 6) is 0.0559. The molecule has 0 unspecified atom stereocenters. The van der Waals surface area contributed by atoms with Crippen LogP contribution in [0.15, 0.2) is 51.6 Å². The Morgan fingerprint density at radius 3 is 2.64 bits per heavy atom. The van der Waals surface area contributed by atoms with Crippen LogP contribution in [-0.2, 0) is 20.1 Å². The van der Waals surface area contributed by atoms with Crippen molar-refractivity contribution in [1.82, 2.24) is 24.0 Å². The SMILES string of the molecule is CC(C)=CCn1c(OC[C@H]2CCNC2)nc2c1c(=O)n(CC(=O)c1ccccc1)c(=O)n2C. The second-order valence-electron chi connectivity index (χ2n) is 8.65. The van der Waals surface area contributed by atoms with Crippen LogP contribution in [0, 0.1) is 5.92 Å². The van der Waals surface area contributed by atoms with Gasteiger partial charge in [-0.05, 0) is 26.8 Å². The predicted molar refractivity (Wildman–Crippen MR) is 126 cm³/mol. The standard InChI is InChI=1S/C24H29N5O4/c1-16(2)10-12-28-20-21(26-23(28)33-15-17-9-11-25-13-17)27(3)24(32)29(22(20)31)14-19(30)18-7-5-4-6-8-18/h4-8,10,17,25H,9,11-15H2,1-3H3/t17-/m0/s1. The van der Waals surface area contributed by atoms with E-state index in [1.807, 2.05) is 19.9 Å². The van der Waals surface area contributed by atoms with Crippen molar-refractivity contribution in [3.05, 3.63) is 68.4 Å². The number of hydrogen-bond donors (Lipinski definition) is 1. The van der Waals surface area contributed by atoms with Gasteiger partial charge < -0.3 is 10.1 Å². The number of ketones is 1. The molecule has 1 atom stereocenters. The van der Waals surface area contributed by atoms with E-state index < -0.39 is 11.2 Å². The van der Waals surface area contributed by atoms with E-state index in [9.17, 15) is 14.4 Å². The molecule has 3 heterocycles. The monoisotopic (exact) mass is 451 g/mol. The molecule has 0 radical (unpaired) electrons. The highest BCUT2D eigenvalue weighted by Crippen LogP contribution is 2.20. The minimum Gasteiger partial charge on any atom is -0.464 e. The normalized spacial score (nSPS) is 15.7. The maximum Gasteiger partial charge on any atom is 0.332 e. The number of allylic oxidation sites excluding steroid dienone is 2. The van der Waals surface area contributed by atoms with E-state index in [4.69, 9.17) is 4.74 Å². The van der Waals surface area contributed by atoms with Gasteiger partial charge >= 0.3 is 5.69 Å². The summed E-state index contributed by atoms with van der Waals surface area (Å²) >= 11 is 0. The Bertz CT molecular complexity index is 1310. The van der Waals surface area contributed by atoms with E-state index in [-0.39, 0.29) is 23.5 Å². The molecule has 1 aliphatic heterocycles. The van der Waals surface area contributed by atoms with Crippen molar-refractivity contribution in [1.29, 1.82) is 0 Å². The Kier molecular flexibility index (Phi) is 6.60. The molecular weight excluding hydrogens is 422 g/mol. The van der Waals surface area contributed by atoms with Gasteiger partial charge in [-0.25, -0.2) is 4.79 Å². The molecule has 3 aromatic rings. The second-order valence-corrected chi connectivity index (χ2v) is 8.65. The van der Waals surface area contributed by atoms with Crippen molar-refractivity contribution in [2.45, 2.75) is 33.4 Å². The topological polar surface area (TPSA) is 100 Å². The molecule has 1 fully saturated rings. The van der Waals surface area contributed by atoms with Gasteiger partial charge in [0.15, 0.2) is 16.9 Å². The Labute approximate surface area is 191 Å². The fourth-order valence-corrected chi connectivity index (χ4v) is 3.95. The van der Waals surface area contributed by atoms with Gasteiger partial charge in [-0.15, -0.1) is 0 Å². The van der Waals surface area contributed by atoms with Crippen LogP contribution < -0.4 is 21.3 Å². The molecule has 0 spiro atoms. The van der Waals surface area contributed by atoms with Crippen LogP contribution in [-0.4, -0.2) is 44.2 Å². The molecule has 9 heteroatoms. The molecule has 0 saturated carbocycles. The lowest BCUT2D eigenvalue weighted by molar-refractivity contribution is 0.0969. The quantitative estimate of drug-likeness (QED) is 0.414. The predicted octanol–water partition coefficient (Wildman–Crippen LogP) is 1.73. The van der Waals surface area contributed by atoms with Gasteiger partial charge in [0, 0.05) is 31.6 Å². The zero-order chi connectivity index (χ0) is 23.5. The highest BCUT2D eigenvalue weighted by Gasteiger charge is 2.23. The van der Waals surface area contributed by atoms with Crippen LogP contribution in [0.5, 0.6) is 6.01 Å². The van der Waals surface area contributed by atoms with Gasteiger partial charge in [-0.2, -0.15) is 4.98 Å². The van der Waals surface area contributed by atoms with Gasteiger partial charge in [0.25, 0.3) is 11.6 Å². The minimum absolute atomic E-state index is 0.245. The lowest BCUT2D eigenvalue weighted by atomic mass is 10.1. The highest BCUT2D eigenvalue weighted by atomic mass is 16.5. The van der Waals surface area contributed by atoms with Crippen LogP contribution in [0.4, 0.5) is 0 Å². The molecular formula is C24H29N5O4. The van der Waals surface area contributed by atoms with Crippen LogP contribution in [0.25, 0.3) is 11.2 Å². The van der Waals surface area contributed by atoms with Gasteiger partial charge in [0.2, 0.25) is 0 Å². The molecule has 1 aromatic carbocycles. The molecule has 33 heavy (non-hydrogen) atoms. The maximum absolute atomic E-state index is 13.5. The van der Waals surface area contributed by atoms with E-state index in [0.29, 0.717) is 30.6 Å². The van der Waals surface area contributed by atoms with Crippen molar-refractivity contribution in [2.24, 2.45) is 13.0 Å². The van der Waals surface area contributed by atoms with Gasteiger partial charge in [-0.1, -0.05) is 42.0 Å². The van der Waals surface area contributed by atoms with E-state index in [1.54, 1.807) is 41.9 Å². The third kappa shape index (κ3) is 4.68. The lowest BCUT2D eigenvalue weighted by Crippen LogP contribution is -2.41. The zero-order valence-electron chi connectivity index (χ0n) is 19.2. The fourth-order valence-electron chi connectivity index (χ4n) is 3.95. The largest absolute Gasteiger partial charge is 0.464 e. The molecule has 174 valence electrons. The Balaban J connectivity index is 1.79. The first-order valence-corrected chi connectivity index (χ1v) is 11.1. The van der Waals surface area contributed by atoms with Gasteiger partial charge in [0.1, 0.15) is 0 Å². The molecule has 1 saturated heterocycles. The van der Waals surface area contributed by atoms with Crippen molar-refractivity contribution in [3.8, 4) is 6.01 Å². The molecule has 2 aromatic heterocycles. The number of nitrogens with one attached hydrogen (secondary N) is 1. The number of fused-ring (bicyclic) bond motifs is 1. The number of hydrogen-bond acceptors (Lipinski definition) is 6. The number of imidazole rings is 1. The number of nitrogens with zero attached hydrogens (tertiary/aromatic N) is 4. The zero-order valence-corrected chi connectivity index (χ0v) is 19.2. The maximum atomic E-state index is 13.5. The summed E-state index contributed by atoms with van der Waals surface area (Å²) in [6.07, 6.45) is 2.98. The Hall–Kier alpha value is -3.46. The number of rotatable bonds is 8. The molecule has 0 aliphatic carbocycles. The molecule has 4 rings (SSSR count). The molecule has 1 N–H and O–H groups in total. The first kappa shape index (κ1) is 22.7. The van der Waals surface area contributed by atoms with Gasteiger partial charge in [-0.3, -0.25) is 23.3 Å². The third-order valence-electron chi connectivity index (χ3n) is 5.89. The number of benzene rings is 1. The van der Waals surface area contributed by atoms with E-state index in [1.165, 1.54) is 4.57 Å². The number of carbonyl (C=O) groups is 1. The van der Waals surface area contributed by atoms with Crippen molar-refractivity contribution in [2.75, 3.05) is 19.7 Å². The Morgan fingerprint density at radius 2 is 1.97 bits per heavy atom. The van der Waals surface area contributed by atoms with E-state index in [0.717, 1.165) is 29.7 Å². The number of carbonyl (C=O) groups excluding carboxylic acids is 1. The third-order valence-corrected chi connectivity index (χ3v) is 5.89.